The molecule has 32 heavy (non-hydrogen) atoms. The molecule has 166 valence electrons. The lowest BCUT2D eigenvalue weighted by molar-refractivity contribution is -0.120. The van der Waals surface area contributed by atoms with E-state index in [9.17, 15) is 18.4 Å². The molecular weight excluding hydrogens is 414 g/mol. The number of carbonyl (C=O) groups is 2. The van der Waals surface area contributed by atoms with Crippen molar-refractivity contribution in [1.82, 2.24) is 9.97 Å². The number of benzene rings is 2. The van der Waals surface area contributed by atoms with Crippen LogP contribution in [-0.2, 0) is 4.79 Å². The van der Waals surface area contributed by atoms with Gasteiger partial charge < -0.3 is 10.6 Å². The molecule has 1 aromatic heterocycles. The van der Waals surface area contributed by atoms with Crippen LogP contribution in [0.1, 0.15) is 53.8 Å². The number of anilines is 2. The summed E-state index contributed by atoms with van der Waals surface area (Å²) >= 11 is 0. The van der Waals surface area contributed by atoms with Gasteiger partial charge in [-0.05, 0) is 51.0 Å². The van der Waals surface area contributed by atoms with Gasteiger partial charge in [0.05, 0.1) is 28.2 Å². The largest absolute Gasteiger partial charge is 0.323 e. The molecule has 1 fully saturated rings. The van der Waals surface area contributed by atoms with E-state index in [2.05, 4.69) is 20.6 Å². The van der Waals surface area contributed by atoms with Gasteiger partial charge in [0.2, 0.25) is 5.91 Å². The fraction of sp³-hybridized carbons (Fsp3) is 0.333. The van der Waals surface area contributed by atoms with Crippen LogP contribution in [0.3, 0.4) is 0 Å². The minimum Gasteiger partial charge on any atom is -0.323 e. The van der Waals surface area contributed by atoms with E-state index >= 15 is 0 Å². The van der Waals surface area contributed by atoms with Crippen molar-refractivity contribution in [3.8, 4) is 0 Å². The highest BCUT2D eigenvalue weighted by Crippen LogP contribution is 2.27. The molecule has 0 unspecified atom stereocenters. The Bertz CT molecular complexity index is 1210. The summed E-state index contributed by atoms with van der Waals surface area (Å²) in [6.07, 6.45) is 4.66. The van der Waals surface area contributed by atoms with Gasteiger partial charge in [0.15, 0.2) is 0 Å². The zero-order valence-electron chi connectivity index (χ0n) is 18.0. The third-order valence-corrected chi connectivity index (χ3v) is 5.85. The zero-order chi connectivity index (χ0) is 22.8. The fourth-order valence-electron chi connectivity index (χ4n) is 3.97. The second-order valence-corrected chi connectivity index (χ2v) is 8.19. The molecule has 1 aliphatic rings. The Balaban J connectivity index is 1.58. The molecule has 1 aliphatic carbocycles. The fourth-order valence-corrected chi connectivity index (χ4v) is 3.97. The Morgan fingerprint density at radius 3 is 2.41 bits per heavy atom. The standard InChI is InChI=1S/C24H24F2N4O2/c1-13-14(2)28-22-18(10-16(25)11-21(22)27-13)24(32)29-17-8-9-19(26)20(12-17)30-23(31)15-6-4-3-5-7-15/h8-12,15H,3-7H2,1-2H3,(H,29,32)(H,30,31). The maximum Gasteiger partial charge on any atom is 0.258 e. The van der Waals surface area contributed by atoms with E-state index in [1.165, 1.54) is 24.3 Å². The van der Waals surface area contributed by atoms with Crippen molar-refractivity contribution in [2.45, 2.75) is 46.0 Å². The molecule has 0 radical (unpaired) electrons. The summed E-state index contributed by atoms with van der Waals surface area (Å²) in [4.78, 5) is 34.1. The SMILES string of the molecule is Cc1nc2cc(F)cc(C(=O)Nc3ccc(F)c(NC(=O)C4CCCCC4)c3)c2nc1C. The topological polar surface area (TPSA) is 84.0 Å². The Hall–Kier alpha value is -3.42. The number of nitrogens with one attached hydrogen (secondary N) is 2. The van der Waals surface area contributed by atoms with E-state index in [1.807, 2.05) is 0 Å². The molecule has 0 saturated heterocycles. The molecule has 4 rings (SSSR count). The number of hydrogen-bond donors (Lipinski definition) is 2. The lowest BCUT2D eigenvalue weighted by Crippen LogP contribution is -2.25. The van der Waals surface area contributed by atoms with Crippen LogP contribution in [0.5, 0.6) is 0 Å². The van der Waals surface area contributed by atoms with E-state index < -0.39 is 17.5 Å². The molecule has 6 nitrogen and oxygen atoms in total. The molecule has 2 aromatic carbocycles. The summed E-state index contributed by atoms with van der Waals surface area (Å²) in [7, 11) is 0. The van der Waals surface area contributed by atoms with Gasteiger partial charge in [-0.25, -0.2) is 18.7 Å². The smallest absolute Gasteiger partial charge is 0.258 e. The van der Waals surface area contributed by atoms with Crippen LogP contribution >= 0.6 is 0 Å². The highest BCUT2D eigenvalue weighted by molar-refractivity contribution is 6.11. The first-order valence-corrected chi connectivity index (χ1v) is 10.7. The van der Waals surface area contributed by atoms with Gasteiger partial charge in [-0.2, -0.15) is 0 Å². The molecule has 1 heterocycles. The number of aryl methyl sites for hydroxylation is 2. The number of aromatic nitrogens is 2. The van der Waals surface area contributed by atoms with E-state index in [0.29, 0.717) is 11.4 Å². The van der Waals surface area contributed by atoms with Crippen molar-refractivity contribution in [2.75, 3.05) is 10.6 Å². The molecule has 8 heteroatoms. The molecule has 0 bridgehead atoms. The quantitative estimate of drug-likeness (QED) is 0.579. The van der Waals surface area contributed by atoms with E-state index in [1.54, 1.807) is 13.8 Å². The Morgan fingerprint density at radius 2 is 1.66 bits per heavy atom. The molecule has 2 N–H and O–H groups in total. The molecule has 1 saturated carbocycles. The monoisotopic (exact) mass is 438 g/mol. The third kappa shape index (κ3) is 4.59. The average Bonchev–Trinajstić information content (AvgIpc) is 2.77. The van der Waals surface area contributed by atoms with Crippen LogP contribution in [-0.4, -0.2) is 21.8 Å². The summed E-state index contributed by atoms with van der Waals surface area (Å²) in [6, 6.07) is 6.23. The summed E-state index contributed by atoms with van der Waals surface area (Å²) in [5.74, 6) is -2.17. The first kappa shape index (κ1) is 21.8. The predicted molar refractivity (Wildman–Crippen MR) is 119 cm³/mol. The first-order chi connectivity index (χ1) is 15.3. The number of amides is 2. The van der Waals surface area contributed by atoms with E-state index in [0.717, 1.165) is 38.2 Å². The Kier molecular flexibility index (Phi) is 6.12. The number of rotatable bonds is 4. The second kappa shape index (κ2) is 8.98. The molecule has 0 atom stereocenters. The second-order valence-electron chi connectivity index (χ2n) is 8.19. The van der Waals surface area contributed by atoms with Gasteiger partial charge in [0.1, 0.15) is 17.2 Å². The lowest BCUT2D eigenvalue weighted by atomic mass is 9.88. The van der Waals surface area contributed by atoms with Crippen LogP contribution in [0.4, 0.5) is 20.2 Å². The number of carbonyl (C=O) groups excluding carboxylic acids is 2. The molecular formula is C24H24F2N4O2. The predicted octanol–water partition coefficient (Wildman–Crippen LogP) is 5.30. The number of halogens is 2. The molecule has 0 spiro atoms. The molecule has 2 amide bonds. The summed E-state index contributed by atoms with van der Waals surface area (Å²) < 4.78 is 28.4. The van der Waals surface area contributed by atoms with Crippen LogP contribution in [0, 0.1) is 31.4 Å². The van der Waals surface area contributed by atoms with Gasteiger partial charge in [-0.3, -0.25) is 9.59 Å². The number of hydrogen-bond acceptors (Lipinski definition) is 4. The zero-order valence-corrected chi connectivity index (χ0v) is 18.0. The van der Waals surface area contributed by atoms with Crippen molar-refractivity contribution in [2.24, 2.45) is 5.92 Å². The highest BCUT2D eigenvalue weighted by atomic mass is 19.1. The maximum atomic E-state index is 14.3. The molecule has 0 aliphatic heterocycles. The van der Waals surface area contributed by atoms with Crippen molar-refractivity contribution < 1.29 is 18.4 Å². The van der Waals surface area contributed by atoms with Gasteiger partial charge in [0.25, 0.3) is 5.91 Å². The molecule has 3 aromatic rings. The van der Waals surface area contributed by atoms with E-state index in [-0.39, 0.29) is 39.8 Å². The van der Waals surface area contributed by atoms with Crippen molar-refractivity contribution in [3.05, 3.63) is 58.9 Å². The lowest BCUT2D eigenvalue weighted by Gasteiger charge is -2.21. The van der Waals surface area contributed by atoms with Crippen molar-refractivity contribution in [3.63, 3.8) is 0 Å². The maximum absolute atomic E-state index is 14.3. The average molecular weight is 438 g/mol. The first-order valence-electron chi connectivity index (χ1n) is 10.7. The van der Waals surface area contributed by atoms with Gasteiger partial charge >= 0.3 is 0 Å². The van der Waals surface area contributed by atoms with Crippen molar-refractivity contribution in [1.29, 1.82) is 0 Å². The van der Waals surface area contributed by atoms with E-state index in [4.69, 9.17) is 0 Å². The summed E-state index contributed by atoms with van der Waals surface area (Å²) in [5, 5.41) is 5.28. The summed E-state index contributed by atoms with van der Waals surface area (Å²) in [6.45, 7) is 3.52. The van der Waals surface area contributed by atoms with Gasteiger partial charge in [0, 0.05) is 17.7 Å². The minimum absolute atomic E-state index is 0.00580. The Labute approximate surface area is 184 Å². The Morgan fingerprint density at radius 1 is 0.938 bits per heavy atom. The van der Waals surface area contributed by atoms with Crippen molar-refractivity contribution >= 4 is 34.2 Å². The minimum atomic E-state index is -0.611. The van der Waals surface area contributed by atoms with Crippen LogP contribution < -0.4 is 10.6 Å². The third-order valence-electron chi connectivity index (χ3n) is 5.85. The number of nitrogens with zero attached hydrogens (tertiary/aromatic N) is 2. The van der Waals surface area contributed by atoms with Crippen LogP contribution in [0.2, 0.25) is 0 Å². The number of fused-ring (bicyclic) bond motifs is 1. The normalized spacial score (nSPS) is 14.4. The van der Waals surface area contributed by atoms with Crippen LogP contribution in [0.15, 0.2) is 30.3 Å². The van der Waals surface area contributed by atoms with Crippen LogP contribution in [0.25, 0.3) is 11.0 Å². The van der Waals surface area contributed by atoms with Gasteiger partial charge in [-0.15, -0.1) is 0 Å². The highest BCUT2D eigenvalue weighted by Gasteiger charge is 2.22. The summed E-state index contributed by atoms with van der Waals surface area (Å²) in [5.41, 5.74) is 2.11. The van der Waals surface area contributed by atoms with Gasteiger partial charge in [-0.1, -0.05) is 19.3 Å².